The Labute approximate surface area is 113 Å². The summed E-state index contributed by atoms with van der Waals surface area (Å²) in [6, 6.07) is 11.7. The summed E-state index contributed by atoms with van der Waals surface area (Å²) in [6.07, 6.45) is 5.51. The van der Waals surface area contributed by atoms with Gasteiger partial charge in [-0.15, -0.1) is 0 Å². The van der Waals surface area contributed by atoms with Crippen molar-refractivity contribution in [1.29, 1.82) is 5.26 Å². The summed E-state index contributed by atoms with van der Waals surface area (Å²) in [4.78, 5) is 14.5. The fourth-order valence-electron chi connectivity index (χ4n) is 3.60. The maximum Gasteiger partial charge on any atom is 0.255 e. The first-order chi connectivity index (χ1) is 9.31. The second-order valence-corrected chi connectivity index (χ2v) is 5.57. The van der Waals surface area contributed by atoms with Gasteiger partial charge in [-0.05, 0) is 37.3 Å². The molecule has 1 saturated carbocycles. The largest absolute Gasteiger partial charge is 0.319 e. The molecule has 0 bridgehead atoms. The van der Waals surface area contributed by atoms with Crippen LogP contribution in [0.2, 0.25) is 0 Å². The van der Waals surface area contributed by atoms with Crippen LogP contribution < -0.4 is 0 Å². The summed E-state index contributed by atoms with van der Waals surface area (Å²) in [7, 11) is 0. The van der Waals surface area contributed by atoms with Crippen molar-refractivity contribution < 1.29 is 4.79 Å². The Balaban J connectivity index is 1.89. The third-order valence-electron chi connectivity index (χ3n) is 4.49. The third kappa shape index (κ3) is 2.12. The van der Waals surface area contributed by atoms with Gasteiger partial charge in [-0.2, -0.15) is 5.26 Å². The standard InChI is InChI=1S/C16H18N2O/c17-11-14-10-13-8-4-5-9-15(13)18(14)16(19)12-6-2-1-3-7-12/h1-3,6-7,13-15H,4-5,8-10H2/t13-,14?,15+/m1/s1. The molecule has 2 aliphatic rings. The predicted molar refractivity (Wildman–Crippen MR) is 72.4 cm³/mol. The highest BCUT2D eigenvalue weighted by Gasteiger charge is 2.44. The lowest BCUT2D eigenvalue weighted by Crippen LogP contribution is -2.42. The van der Waals surface area contributed by atoms with Gasteiger partial charge in [0.05, 0.1) is 6.07 Å². The van der Waals surface area contributed by atoms with E-state index >= 15 is 0 Å². The second kappa shape index (κ2) is 5.05. The van der Waals surface area contributed by atoms with Crippen LogP contribution in [-0.2, 0) is 0 Å². The number of hydrogen-bond acceptors (Lipinski definition) is 2. The number of nitriles is 1. The number of carbonyl (C=O) groups is 1. The van der Waals surface area contributed by atoms with Crippen molar-refractivity contribution in [3.63, 3.8) is 0 Å². The minimum Gasteiger partial charge on any atom is -0.319 e. The quantitative estimate of drug-likeness (QED) is 0.773. The Kier molecular flexibility index (Phi) is 3.25. The number of nitrogens with zero attached hydrogens (tertiary/aromatic N) is 2. The van der Waals surface area contributed by atoms with Crippen molar-refractivity contribution in [3.05, 3.63) is 35.9 Å². The molecule has 1 aromatic rings. The zero-order chi connectivity index (χ0) is 13.2. The third-order valence-corrected chi connectivity index (χ3v) is 4.49. The molecule has 0 spiro atoms. The molecular formula is C16H18N2O. The van der Waals surface area contributed by atoms with Crippen molar-refractivity contribution in [2.75, 3.05) is 0 Å². The van der Waals surface area contributed by atoms with Crippen LogP contribution in [0.25, 0.3) is 0 Å². The summed E-state index contributed by atoms with van der Waals surface area (Å²) in [5.74, 6) is 0.563. The first-order valence-corrected chi connectivity index (χ1v) is 7.08. The predicted octanol–water partition coefficient (Wildman–Crippen LogP) is 2.98. The normalized spacial score (nSPS) is 29.6. The van der Waals surface area contributed by atoms with E-state index in [1.807, 2.05) is 35.2 Å². The summed E-state index contributed by atoms with van der Waals surface area (Å²) in [6.45, 7) is 0. The van der Waals surface area contributed by atoms with E-state index in [1.54, 1.807) is 0 Å². The molecule has 1 aliphatic carbocycles. The van der Waals surface area contributed by atoms with Crippen molar-refractivity contribution in [3.8, 4) is 6.07 Å². The summed E-state index contributed by atoms with van der Waals surface area (Å²) >= 11 is 0. The number of fused-ring (bicyclic) bond motifs is 1. The maximum absolute atomic E-state index is 12.6. The molecule has 19 heavy (non-hydrogen) atoms. The maximum atomic E-state index is 12.6. The first-order valence-electron chi connectivity index (χ1n) is 7.08. The van der Waals surface area contributed by atoms with E-state index in [9.17, 15) is 10.1 Å². The molecule has 1 aliphatic heterocycles. The molecule has 1 unspecified atom stereocenters. The molecule has 98 valence electrons. The van der Waals surface area contributed by atoms with Crippen LogP contribution in [0.5, 0.6) is 0 Å². The van der Waals surface area contributed by atoms with E-state index in [0.29, 0.717) is 11.5 Å². The monoisotopic (exact) mass is 254 g/mol. The molecule has 0 N–H and O–H groups in total. The highest BCUT2D eigenvalue weighted by atomic mass is 16.2. The Morgan fingerprint density at radius 3 is 2.68 bits per heavy atom. The van der Waals surface area contributed by atoms with Crippen LogP contribution in [0, 0.1) is 17.2 Å². The van der Waals surface area contributed by atoms with Gasteiger partial charge in [-0.3, -0.25) is 4.79 Å². The molecule has 1 aromatic carbocycles. The molecule has 3 rings (SSSR count). The average molecular weight is 254 g/mol. The minimum atomic E-state index is -0.235. The second-order valence-electron chi connectivity index (χ2n) is 5.57. The number of rotatable bonds is 1. The Bertz CT molecular complexity index is 505. The van der Waals surface area contributed by atoms with Crippen LogP contribution in [0.15, 0.2) is 30.3 Å². The zero-order valence-corrected chi connectivity index (χ0v) is 11.0. The molecule has 1 saturated heterocycles. The van der Waals surface area contributed by atoms with Crippen LogP contribution in [0.3, 0.4) is 0 Å². The molecule has 0 radical (unpaired) electrons. The van der Waals surface area contributed by atoms with Gasteiger partial charge in [0.1, 0.15) is 6.04 Å². The van der Waals surface area contributed by atoms with Crippen molar-refractivity contribution in [2.45, 2.75) is 44.2 Å². The molecule has 1 amide bonds. The minimum absolute atomic E-state index is 0.0292. The van der Waals surface area contributed by atoms with Gasteiger partial charge >= 0.3 is 0 Å². The smallest absolute Gasteiger partial charge is 0.255 e. The van der Waals surface area contributed by atoms with Gasteiger partial charge in [-0.25, -0.2) is 0 Å². The zero-order valence-electron chi connectivity index (χ0n) is 11.0. The molecular weight excluding hydrogens is 236 g/mol. The topological polar surface area (TPSA) is 44.1 Å². The molecule has 3 heteroatoms. The van der Waals surface area contributed by atoms with E-state index in [4.69, 9.17) is 0 Å². The van der Waals surface area contributed by atoms with Gasteiger partial charge in [-0.1, -0.05) is 31.0 Å². The van der Waals surface area contributed by atoms with Crippen molar-refractivity contribution in [1.82, 2.24) is 4.90 Å². The lowest BCUT2D eigenvalue weighted by Gasteiger charge is -2.32. The fourth-order valence-corrected chi connectivity index (χ4v) is 3.60. The Morgan fingerprint density at radius 2 is 1.95 bits per heavy atom. The van der Waals surface area contributed by atoms with Gasteiger partial charge in [0, 0.05) is 11.6 Å². The van der Waals surface area contributed by atoms with E-state index in [-0.39, 0.29) is 18.0 Å². The highest BCUT2D eigenvalue weighted by Crippen LogP contribution is 2.40. The van der Waals surface area contributed by atoms with Crippen LogP contribution in [0.1, 0.15) is 42.5 Å². The number of amides is 1. The van der Waals surface area contributed by atoms with Gasteiger partial charge in [0.25, 0.3) is 5.91 Å². The summed E-state index contributed by atoms with van der Waals surface area (Å²) in [5.41, 5.74) is 0.703. The van der Waals surface area contributed by atoms with Gasteiger partial charge in [0.15, 0.2) is 0 Å². The summed E-state index contributed by atoms with van der Waals surface area (Å²) < 4.78 is 0. The molecule has 1 heterocycles. The number of likely N-dealkylation sites (tertiary alicyclic amines) is 1. The number of hydrogen-bond donors (Lipinski definition) is 0. The summed E-state index contributed by atoms with van der Waals surface area (Å²) in [5, 5.41) is 9.34. The molecule has 0 aromatic heterocycles. The van der Waals surface area contributed by atoms with Crippen LogP contribution >= 0.6 is 0 Å². The van der Waals surface area contributed by atoms with E-state index in [0.717, 1.165) is 12.8 Å². The molecule has 3 nitrogen and oxygen atoms in total. The number of benzene rings is 1. The lowest BCUT2D eigenvalue weighted by atomic mass is 9.85. The first kappa shape index (κ1) is 12.2. The van der Waals surface area contributed by atoms with Crippen molar-refractivity contribution >= 4 is 5.91 Å². The average Bonchev–Trinajstić information content (AvgIpc) is 2.86. The van der Waals surface area contributed by atoms with E-state index in [1.165, 1.54) is 19.3 Å². The SMILES string of the molecule is N#CC1C[C@H]2CCCC[C@@H]2N1C(=O)c1ccccc1. The molecule has 2 fully saturated rings. The van der Waals surface area contributed by atoms with Crippen molar-refractivity contribution in [2.24, 2.45) is 5.92 Å². The van der Waals surface area contributed by atoms with E-state index in [2.05, 4.69) is 6.07 Å². The Hall–Kier alpha value is -1.82. The van der Waals surface area contributed by atoms with Gasteiger partial charge in [0.2, 0.25) is 0 Å². The lowest BCUT2D eigenvalue weighted by molar-refractivity contribution is 0.0655. The fraction of sp³-hybridized carbons (Fsp3) is 0.500. The Morgan fingerprint density at radius 1 is 1.21 bits per heavy atom. The van der Waals surface area contributed by atoms with Gasteiger partial charge < -0.3 is 4.90 Å². The van der Waals surface area contributed by atoms with Crippen LogP contribution in [-0.4, -0.2) is 22.9 Å². The van der Waals surface area contributed by atoms with E-state index < -0.39 is 0 Å². The molecule has 3 atom stereocenters. The number of carbonyl (C=O) groups excluding carboxylic acids is 1. The highest BCUT2D eigenvalue weighted by molar-refractivity contribution is 5.95. The van der Waals surface area contributed by atoms with Crippen LogP contribution in [0.4, 0.5) is 0 Å².